The minimum Gasteiger partial charge on any atom is -0.481 e. The molecule has 1 aromatic heterocycles. The van der Waals surface area contributed by atoms with Crippen molar-refractivity contribution < 1.29 is 19.5 Å². The van der Waals surface area contributed by atoms with Crippen LogP contribution < -0.4 is 0 Å². The van der Waals surface area contributed by atoms with Crippen molar-refractivity contribution in [2.24, 2.45) is 13.0 Å². The first-order chi connectivity index (χ1) is 16.6. The lowest BCUT2D eigenvalue weighted by atomic mass is 9.88. The molecule has 0 radical (unpaired) electrons. The number of hydrogen-bond donors (Lipinski definition) is 1. The number of fused-ring (bicyclic) bond motifs is 1. The summed E-state index contributed by atoms with van der Waals surface area (Å²) in [5.74, 6) is -1.42. The van der Waals surface area contributed by atoms with Crippen LogP contribution in [0.25, 0.3) is 6.08 Å². The van der Waals surface area contributed by atoms with Gasteiger partial charge in [0.05, 0.1) is 32.9 Å². The fourth-order valence-electron chi connectivity index (χ4n) is 4.99. The molecular formula is C26H25Cl2N3O4. The van der Waals surface area contributed by atoms with E-state index < -0.39 is 11.8 Å². The number of nitrogens with zero attached hydrogens (tertiary/aromatic N) is 3. The van der Waals surface area contributed by atoms with Crippen molar-refractivity contribution in [1.29, 1.82) is 5.26 Å². The molecule has 0 bridgehead atoms. The molecule has 4 rings (SSSR count). The first kappa shape index (κ1) is 25.0. The van der Waals surface area contributed by atoms with Crippen LogP contribution in [0.5, 0.6) is 0 Å². The number of nitriles is 1. The largest absolute Gasteiger partial charge is 0.481 e. The predicted molar refractivity (Wildman–Crippen MR) is 133 cm³/mol. The Morgan fingerprint density at radius 2 is 1.89 bits per heavy atom. The molecule has 1 fully saturated rings. The minimum atomic E-state index is -0.838. The van der Waals surface area contributed by atoms with Crippen molar-refractivity contribution in [3.8, 4) is 6.07 Å². The minimum absolute atomic E-state index is 0.000589. The molecule has 1 unspecified atom stereocenters. The fourth-order valence-corrected chi connectivity index (χ4v) is 5.61. The van der Waals surface area contributed by atoms with E-state index >= 15 is 0 Å². The van der Waals surface area contributed by atoms with Crippen LogP contribution in [-0.2, 0) is 11.8 Å². The molecule has 2 heterocycles. The molecule has 1 aliphatic heterocycles. The van der Waals surface area contributed by atoms with E-state index in [1.165, 1.54) is 12.1 Å². The average molecular weight is 514 g/mol. The zero-order chi connectivity index (χ0) is 25.4. The molecule has 1 N–H and O–H groups in total. The Morgan fingerprint density at radius 1 is 1.20 bits per heavy atom. The number of aliphatic carboxylic acids is 1. The number of rotatable bonds is 5. The average Bonchev–Trinajstić information content (AvgIpc) is 3.15. The molecule has 1 saturated heterocycles. The number of carboxylic acid groups (broad SMARTS) is 1. The highest BCUT2D eigenvalue weighted by Gasteiger charge is 2.31. The number of amides is 1. The summed E-state index contributed by atoms with van der Waals surface area (Å²) in [5, 5.41) is 18.5. The van der Waals surface area contributed by atoms with E-state index in [0.29, 0.717) is 43.6 Å². The number of piperidine rings is 1. The fraction of sp³-hybridized carbons (Fsp3) is 0.385. The number of carbonyl (C=O) groups is 3. The molecule has 2 aromatic rings. The highest BCUT2D eigenvalue weighted by molar-refractivity contribution is 6.42. The molecule has 1 atom stereocenters. The molecule has 35 heavy (non-hydrogen) atoms. The summed E-state index contributed by atoms with van der Waals surface area (Å²) >= 11 is 13.0. The predicted octanol–water partition coefficient (Wildman–Crippen LogP) is 5.30. The molecular weight excluding hydrogens is 489 g/mol. The quantitative estimate of drug-likeness (QED) is 0.546. The summed E-state index contributed by atoms with van der Waals surface area (Å²) in [6, 6.07) is 7.04. The zero-order valence-corrected chi connectivity index (χ0v) is 21.0. The SMILES string of the molecule is CC1CC(C#N)=Cc2c1cc(C(=O)c1c(Cl)ccc(C(=O)N3CCC(CC(=O)O)CC3)c1Cl)n2C. The maximum Gasteiger partial charge on any atom is 0.303 e. The molecule has 1 aliphatic carbocycles. The lowest BCUT2D eigenvalue weighted by Crippen LogP contribution is -2.39. The monoisotopic (exact) mass is 513 g/mol. The summed E-state index contributed by atoms with van der Waals surface area (Å²) < 4.78 is 1.74. The van der Waals surface area contributed by atoms with Crippen LogP contribution in [0.2, 0.25) is 10.0 Å². The lowest BCUT2D eigenvalue weighted by molar-refractivity contribution is -0.138. The smallest absolute Gasteiger partial charge is 0.303 e. The van der Waals surface area contributed by atoms with Crippen LogP contribution in [0.4, 0.5) is 0 Å². The summed E-state index contributed by atoms with van der Waals surface area (Å²) in [6.07, 6.45) is 3.69. The van der Waals surface area contributed by atoms with E-state index in [1.807, 2.05) is 6.92 Å². The Labute approximate surface area is 213 Å². The Kier molecular flexibility index (Phi) is 7.07. The first-order valence-electron chi connectivity index (χ1n) is 11.5. The van der Waals surface area contributed by atoms with Crippen molar-refractivity contribution in [2.45, 2.75) is 38.5 Å². The third-order valence-electron chi connectivity index (χ3n) is 6.97. The van der Waals surface area contributed by atoms with Crippen molar-refractivity contribution >= 4 is 46.9 Å². The molecule has 9 heteroatoms. The van der Waals surface area contributed by atoms with Gasteiger partial charge in [0.1, 0.15) is 0 Å². The van der Waals surface area contributed by atoms with E-state index in [4.69, 9.17) is 28.3 Å². The number of benzene rings is 1. The number of halogens is 2. The number of allylic oxidation sites excluding steroid dienone is 1. The summed E-state index contributed by atoms with van der Waals surface area (Å²) in [5.41, 5.74) is 3.05. The molecule has 2 aliphatic rings. The van der Waals surface area contributed by atoms with Gasteiger partial charge in [0, 0.05) is 37.8 Å². The topological polar surface area (TPSA) is 103 Å². The van der Waals surface area contributed by atoms with E-state index in [-0.39, 0.29) is 45.3 Å². The van der Waals surface area contributed by atoms with E-state index in [0.717, 1.165) is 11.3 Å². The van der Waals surface area contributed by atoms with Crippen molar-refractivity contribution in [1.82, 2.24) is 9.47 Å². The Morgan fingerprint density at radius 3 is 2.51 bits per heavy atom. The van der Waals surface area contributed by atoms with Crippen LogP contribution in [0, 0.1) is 17.2 Å². The van der Waals surface area contributed by atoms with Crippen LogP contribution in [0.3, 0.4) is 0 Å². The van der Waals surface area contributed by atoms with Crippen molar-refractivity contribution in [3.05, 3.63) is 61.9 Å². The van der Waals surface area contributed by atoms with Gasteiger partial charge in [-0.15, -0.1) is 0 Å². The van der Waals surface area contributed by atoms with Crippen LogP contribution >= 0.6 is 23.2 Å². The molecule has 1 amide bonds. The Bertz CT molecular complexity index is 1300. The van der Waals surface area contributed by atoms with Gasteiger partial charge in [-0.3, -0.25) is 14.4 Å². The normalized spacial score (nSPS) is 18.0. The highest BCUT2D eigenvalue weighted by Crippen LogP contribution is 2.37. The van der Waals surface area contributed by atoms with Gasteiger partial charge in [-0.2, -0.15) is 5.26 Å². The van der Waals surface area contributed by atoms with Gasteiger partial charge in [0.2, 0.25) is 5.78 Å². The van der Waals surface area contributed by atoms with Crippen molar-refractivity contribution in [3.63, 3.8) is 0 Å². The van der Waals surface area contributed by atoms with E-state index in [2.05, 4.69) is 6.07 Å². The maximum absolute atomic E-state index is 13.6. The molecule has 0 spiro atoms. The number of carboxylic acids is 1. The molecule has 182 valence electrons. The van der Waals surface area contributed by atoms with Gasteiger partial charge in [0.15, 0.2) is 0 Å². The van der Waals surface area contributed by atoms with Gasteiger partial charge in [-0.25, -0.2) is 0 Å². The van der Waals surface area contributed by atoms with E-state index in [1.54, 1.807) is 28.7 Å². The summed E-state index contributed by atoms with van der Waals surface area (Å²) in [6.45, 7) is 2.86. The standard InChI is InChI=1S/C26H25Cl2N3O4/c1-14-9-16(13-29)10-20-18(14)12-21(30(20)2)25(34)23-19(27)4-3-17(24(23)28)26(35)31-7-5-15(6-8-31)11-22(32)33/h3-4,10,12,14-15H,5-9,11H2,1-2H3,(H,32,33). The third kappa shape index (κ3) is 4.73. The summed E-state index contributed by atoms with van der Waals surface area (Å²) in [7, 11) is 1.76. The van der Waals surface area contributed by atoms with Gasteiger partial charge in [-0.1, -0.05) is 30.1 Å². The second kappa shape index (κ2) is 9.88. The number of carbonyl (C=O) groups excluding carboxylic acids is 2. The number of aromatic nitrogens is 1. The lowest BCUT2D eigenvalue weighted by Gasteiger charge is -2.31. The molecule has 1 aromatic carbocycles. The number of ketones is 1. The van der Waals surface area contributed by atoms with Crippen molar-refractivity contribution in [2.75, 3.05) is 13.1 Å². The Balaban J connectivity index is 1.64. The summed E-state index contributed by atoms with van der Waals surface area (Å²) in [4.78, 5) is 39.5. The molecule has 7 nitrogen and oxygen atoms in total. The van der Waals surface area contributed by atoms with Gasteiger partial charge < -0.3 is 14.6 Å². The van der Waals surface area contributed by atoms with Gasteiger partial charge in [0.25, 0.3) is 5.91 Å². The Hall–Kier alpha value is -3.08. The third-order valence-corrected chi connectivity index (χ3v) is 7.68. The number of likely N-dealkylation sites (tertiary alicyclic amines) is 1. The van der Waals surface area contributed by atoms with Gasteiger partial charge >= 0.3 is 5.97 Å². The first-order valence-corrected chi connectivity index (χ1v) is 12.2. The maximum atomic E-state index is 13.6. The second-order valence-corrected chi connectivity index (χ2v) is 10.0. The highest BCUT2D eigenvalue weighted by atomic mass is 35.5. The second-order valence-electron chi connectivity index (χ2n) is 9.26. The van der Waals surface area contributed by atoms with Crippen LogP contribution in [0.1, 0.15) is 76.2 Å². The van der Waals surface area contributed by atoms with Gasteiger partial charge in [-0.05, 0) is 60.9 Å². The zero-order valence-electron chi connectivity index (χ0n) is 19.5. The van der Waals surface area contributed by atoms with Crippen LogP contribution in [-0.4, -0.2) is 45.3 Å². The molecule has 0 saturated carbocycles. The number of hydrogen-bond acceptors (Lipinski definition) is 4. The van der Waals surface area contributed by atoms with Crippen LogP contribution in [0.15, 0.2) is 23.8 Å². The van der Waals surface area contributed by atoms with E-state index in [9.17, 15) is 19.6 Å².